The highest BCUT2D eigenvalue weighted by molar-refractivity contribution is 7.99. The topological polar surface area (TPSA) is 71.1 Å². The van der Waals surface area contributed by atoms with Gasteiger partial charge in [-0.25, -0.2) is 9.37 Å². The highest BCUT2D eigenvalue weighted by Gasteiger charge is 2.10. The Morgan fingerprint density at radius 2 is 1.93 bits per heavy atom. The first kappa shape index (κ1) is 20.3. The van der Waals surface area contributed by atoms with Crippen molar-refractivity contribution in [2.45, 2.75) is 5.75 Å². The van der Waals surface area contributed by atoms with Crippen LogP contribution in [-0.4, -0.2) is 22.6 Å². The highest BCUT2D eigenvalue weighted by atomic mass is 35.5. The minimum absolute atomic E-state index is 0.179. The number of carbonyl (C=O) groups is 2. The van der Waals surface area contributed by atoms with Gasteiger partial charge in [0.05, 0.1) is 11.4 Å². The van der Waals surface area contributed by atoms with Crippen LogP contribution >= 0.6 is 34.7 Å². The number of rotatable bonds is 7. The Morgan fingerprint density at radius 1 is 1.14 bits per heavy atom. The average Bonchev–Trinajstić information content (AvgIpc) is 3.11. The third-order valence-electron chi connectivity index (χ3n) is 3.47. The van der Waals surface area contributed by atoms with Gasteiger partial charge in [0, 0.05) is 27.4 Å². The molecule has 0 radical (unpaired) electrons. The number of hydrogen-bond acceptors (Lipinski definition) is 5. The number of nitrogens with one attached hydrogen (secondary N) is 2. The Balaban J connectivity index is 1.45. The molecule has 0 aliphatic rings. The first-order valence-electron chi connectivity index (χ1n) is 8.14. The normalized spacial score (nSPS) is 10.5. The zero-order chi connectivity index (χ0) is 19.9. The number of anilines is 2. The van der Waals surface area contributed by atoms with Gasteiger partial charge in [-0.2, -0.15) is 0 Å². The summed E-state index contributed by atoms with van der Waals surface area (Å²) >= 11 is 8.60. The molecule has 0 spiro atoms. The van der Waals surface area contributed by atoms with Crippen LogP contribution < -0.4 is 10.6 Å². The number of hydrogen-bond donors (Lipinski definition) is 2. The fourth-order valence-corrected chi connectivity index (χ4v) is 3.93. The summed E-state index contributed by atoms with van der Waals surface area (Å²) in [6.07, 6.45) is 0. The van der Waals surface area contributed by atoms with Crippen LogP contribution in [0.15, 0.2) is 53.9 Å². The summed E-state index contributed by atoms with van der Waals surface area (Å²) in [6.45, 7) is 0. The van der Waals surface area contributed by atoms with Crippen molar-refractivity contribution < 1.29 is 14.0 Å². The third kappa shape index (κ3) is 6.05. The van der Waals surface area contributed by atoms with Crippen molar-refractivity contribution in [1.82, 2.24) is 4.98 Å². The van der Waals surface area contributed by atoms with Gasteiger partial charge >= 0.3 is 0 Å². The van der Waals surface area contributed by atoms with Crippen molar-refractivity contribution in [3.63, 3.8) is 0 Å². The van der Waals surface area contributed by atoms with Crippen molar-refractivity contribution in [1.29, 1.82) is 0 Å². The zero-order valence-corrected chi connectivity index (χ0v) is 16.8. The number of halogens is 2. The summed E-state index contributed by atoms with van der Waals surface area (Å²) in [6, 6.07) is 12.3. The second-order valence-corrected chi connectivity index (χ2v) is 7.94. The summed E-state index contributed by atoms with van der Waals surface area (Å²) in [4.78, 5) is 28.4. The van der Waals surface area contributed by atoms with Gasteiger partial charge in [0.1, 0.15) is 5.82 Å². The molecule has 144 valence electrons. The number of carbonyl (C=O) groups excluding carboxylic acids is 2. The molecule has 5 nitrogen and oxygen atoms in total. The Kier molecular flexibility index (Phi) is 7.02. The molecule has 1 aromatic heterocycles. The predicted molar refractivity (Wildman–Crippen MR) is 113 cm³/mol. The lowest BCUT2D eigenvalue weighted by atomic mass is 10.2. The van der Waals surface area contributed by atoms with Crippen molar-refractivity contribution >= 4 is 57.3 Å². The molecule has 0 unspecified atom stereocenters. The Labute approximate surface area is 174 Å². The number of nitrogens with zero attached hydrogens (tertiary/aromatic N) is 1. The molecule has 3 rings (SSSR count). The van der Waals surface area contributed by atoms with E-state index in [1.54, 1.807) is 24.3 Å². The average molecular weight is 436 g/mol. The van der Waals surface area contributed by atoms with Crippen molar-refractivity contribution in [2.75, 3.05) is 16.4 Å². The summed E-state index contributed by atoms with van der Waals surface area (Å²) in [7, 11) is 0. The molecule has 0 bridgehead atoms. The van der Waals surface area contributed by atoms with Gasteiger partial charge in [0.15, 0.2) is 5.13 Å². The summed E-state index contributed by atoms with van der Waals surface area (Å²) in [5.74, 6) is -0.0512. The lowest BCUT2D eigenvalue weighted by molar-refractivity contribution is -0.113. The molecule has 0 saturated carbocycles. The van der Waals surface area contributed by atoms with E-state index in [1.165, 1.54) is 47.4 Å². The molecular weight excluding hydrogens is 421 g/mol. The lowest BCUT2D eigenvalue weighted by Gasteiger charge is -2.04. The van der Waals surface area contributed by atoms with E-state index in [2.05, 4.69) is 15.6 Å². The fourth-order valence-electron chi connectivity index (χ4n) is 2.21. The Morgan fingerprint density at radius 3 is 2.68 bits per heavy atom. The van der Waals surface area contributed by atoms with Gasteiger partial charge in [-0.1, -0.05) is 17.7 Å². The van der Waals surface area contributed by atoms with Crippen LogP contribution in [-0.2, 0) is 10.5 Å². The van der Waals surface area contributed by atoms with E-state index in [0.29, 0.717) is 27.2 Å². The third-order valence-corrected chi connectivity index (χ3v) is 5.48. The van der Waals surface area contributed by atoms with Crippen LogP contribution in [0.2, 0.25) is 5.02 Å². The van der Waals surface area contributed by atoms with Gasteiger partial charge in [0.2, 0.25) is 5.91 Å². The summed E-state index contributed by atoms with van der Waals surface area (Å²) < 4.78 is 12.9. The SMILES string of the molecule is O=C(CSCc1csc(NC(=O)c2cccc(Cl)c2)n1)Nc1ccc(F)cc1. The maximum atomic E-state index is 12.9. The van der Waals surface area contributed by atoms with Crippen LogP contribution in [0.25, 0.3) is 0 Å². The van der Waals surface area contributed by atoms with E-state index in [9.17, 15) is 14.0 Å². The number of thiazole rings is 1. The second kappa shape index (κ2) is 9.68. The number of aromatic nitrogens is 1. The molecule has 9 heteroatoms. The second-order valence-electron chi connectivity index (χ2n) is 5.66. The molecule has 28 heavy (non-hydrogen) atoms. The molecule has 2 N–H and O–H groups in total. The first-order valence-corrected chi connectivity index (χ1v) is 10.6. The molecular formula is C19H15ClFN3O2S2. The molecule has 2 aromatic carbocycles. The molecule has 0 fully saturated rings. The zero-order valence-electron chi connectivity index (χ0n) is 14.4. The molecule has 2 amide bonds. The van der Waals surface area contributed by atoms with Crippen LogP contribution in [0.4, 0.5) is 15.2 Å². The molecule has 3 aromatic rings. The van der Waals surface area contributed by atoms with Crippen molar-refractivity contribution in [3.05, 3.63) is 76.0 Å². The smallest absolute Gasteiger partial charge is 0.257 e. The maximum Gasteiger partial charge on any atom is 0.257 e. The van der Waals surface area contributed by atoms with Crippen LogP contribution in [0.3, 0.4) is 0 Å². The Bertz CT molecular complexity index is 979. The molecule has 0 saturated heterocycles. The molecule has 0 aliphatic heterocycles. The predicted octanol–water partition coefficient (Wildman–Crippen LogP) is 5.06. The fraction of sp³-hybridized carbons (Fsp3) is 0.105. The highest BCUT2D eigenvalue weighted by Crippen LogP contribution is 2.21. The van der Waals surface area contributed by atoms with Gasteiger partial charge < -0.3 is 5.32 Å². The minimum Gasteiger partial charge on any atom is -0.325 e. The quantitative estimate of drug-likeness (QED) is 0.544. The van der Waals surface area contributed by atoms with E-state index in [1.807, 2.05) is 5.38 Å². The van der Waals surface area contributed by atoms with Gasteiger partial charge in [-0.3, -0.25) is 14.9 Å². The summed E-state index contributed by atoms with van der Waals surface area (Å²) in [5.41, 5.74) is 1.77. The van der Waals surface area contributed by atoms with Crippen molar-refractivity contribution in [3.8, 4) is 0 Å². The lowest BCUT2D eigenvalue weighted by Crippen LogP contribution is -2.14. The molecule has 1 heterocycles. The van der Waals surface area contributed by atoms with Crippen molar-refractivity contribution in [2.24, 2.45) is 0 Å². The first-order chi connectivity index (χ1) is 13.5. The number of benzene rings is 2. The monoisotopic (exact) mass is 435 g/mol. The van der Waals surface area contributed by atoms with Crippen LogP contribution in [0.5, 0.6) is 0 Å². The number of thioether (sulfide) groups is 1. The van der Waals surface area contributed by atoms with Gasteiger partial charge in [-0.05, 0) is 42.5 Å². The van der Waals surface area contributed by atoms with Gasteiger partial charge in [-0.15, -0.1) is 23.1 Å². The van der Waals surface area contributed by atoms with E-state index < -0.39 is 0 Å². The standard InChI is InChI=1S/C19H15ClFN3O2S2/c20-13-3-1-2-12(8-13)18(26)24-19-23-16(10-28-19)9-27-11-17(25)22-15-6-4-14(21)5-7-15/h1-8,10H,9,11H2,(H,22,25)(H,23,24,26). The number of amides is 2. The largest absolute Gasteiger partial charge is 0.325 e. The maximum absolute atomic E-state index is 12.9. The van der Waals surface area contributed by atoms with E-state index in [-0.39, 0.29) is 23.4 Å². The minimum atomic E-state index is -0.353. The van der Waals surface area contributed by atoms with E-state index in [4.69, 9.17) is 11.6 Å². The van der Waals surface area contributed by atoms with E-state index in [0.717, 1.165) is 5.69 Å². The van der Waals surface area contributed by atoms with E-state index >= 15 is 0 Å². The molecule has 0 aliphatic carbocycles. The van der Waals surface area contributed by atoms with Crippen LogP contribution in [0, 0.1) is 5.82 Å². The summed E-state index contributed by atoms with van der Waals surface area (Å²) in [5, 5.41) is 8.23. The van der Waals surface area contributed by atoms with Crippen LogP contribution in [0.1, 0.15) is 16.1 Å². The Hall–Kier alpha value is -2.42. The van der Waals surface area contributed by atoms with Gasteiger partial charge in [0.25, 0.3) is 5.91 Å². The molecule has 0 atom stereocenters.